The highest BCUT2D eigenvalue weighted by atomic mass is 19.3. The molecule has 0 saturated carbocycles. The van der Waals surface area contributed by atoms with Crippen LogP contribution in [0.25, 0.3) is 0 Å². The van der Waals surface area contributed by atoms with Crippen LogP contribution in [0.5, 0.6) is 6.01 Å². The predicted octanol–water partition coefficient (Wildman–Crippen LogP) is -0.0402. The maximum atomic E-state index is 12.0. The van der Waals surface area contributed by atoms with Crippen LogP contribution in [-0.2, 0) is 0 Å². The molecule has 0 bridgehead atoms. The minimum absolute atomic E-state index is 0.0402. The molecule has 0 aliphatic heterocycles. The maximum absolute atomic E-state index is 12.0. The quantitative estimate of drug-likeness (QED) is 0.651. The lowest BCUT2D eigenvalue weighted by Gasteiger charge is -2.11. The Morgan fingerprint density at radius 3 is 2.47 bits per heavy atom. The lowest BCUT2D eigenvalue weighted by Crippen LogP contribution is -2.27. The third-order valence-electron chi connectivity index (χ3n) is 1.78. The highest BCUT2D eigenvalue weighted by molar-refractivity contribution is 5.35. The van der Waals surface area contributed by atoms with Gasteiger partial charge >= 0.3 is 6.01 Å². The van der Waals surface area contributed by atoms with Crippen molar-refractivity contribution in [2.24, 2.45) is 0 Å². The highest BCUT2D eigenvalue weighted by Gasteiger charge is 2.17. The van der Waals surface area contributed by atoms with Gasteiger partial charge < -0.3 is 20.5 Å². The molecule has 0 aliphatic rings. The van der Waals surface area contributed by atoms with Gasteiger partial charge in [0.2, 0.25) is 11.9 Å². The van der Waals surface area contributed by atoms with Crippen molar-refractivity contribution < 1.29 is 18.6 Å². The number of aliphatic hydroxyl groups is 1. The van der Waals surface area contributed by atoms with Crippen LogP contribution in [0.15, 0.2) is 0 Å². The Hall–Kier alpha value is -1.77. The average molecular weight is 249 g/mol. The molecule has 0 amide bonds. The molecule has 0 aromatic carbocycles. The van der Waals surface area contributed by atoms with Crippen LogP contribution < -0.4 is 15.4 Å². The minimum atomic E-state index is -2.82. The monoisotopic (exact) mass is 249 g/mol. The summed E-state index contributed by atoms with van der Waals surface area (Å²) in [5.41, 5.74) is 0. The lowest BCUT2D eigenvalue weighted by molar-refractivity contribution is 0.00376. The number of nitrogens with one attached hydrogen (secondary N) is 2. The van der Waals surface area contributed by atoms with Crippen molar-refractivity contribution in [2.45, 2.75) is 12.5 Å². The van der Waals surface area contributed by atoms with E-state index in [0.717, 1.165) is 0 Å². The number of ether oxygens (including phenoxy) is 1. The molecule has 1 atom stereocenters. The second-order valence-corrected chi connectivity index (χ2v) is 3.00. The van der Waals surface area contributed by atoms with Gasteiger partial charge in [0, 0.05) is 13.6 Å². The van der Waals surface area contributed by atoms with E-state index in [1.54, 1.807) is 7.05 Å². The van der Waals surface area contributed by atoms with Crippen molar-refractivity contribution in [3.63, 3.8) is 0 Å². The zero-order valence-corrected chi connectivity index (χ0v) is 9.31. The standard InChI is InChI=1S/C8H13F2N5O2/c1-11-6-13-7(15-8(14-6)17-2)12-3-4(16)5(9)10/h4-5,16H,3H2,1-2H3,(H2,11,12,13,14,15). The van der Waals surface area contributed by atoms with Gasteiger partial charge in [-0.05, 0) is 0 Å². The number of hydrogen-bond donors (Lipinski definition) is 3. The van der Waals surface area contributed by atoms with Gasteiger partial charge in [0.15, 0.2) is 0 Å². The van der Waals surface area contributed by atoms with Gasteiger partial charge in [0.05, 0.1) is 7.11 Å². The second-order valence-electron chi connectivity index (χ2n) is 3.00. The largest absolute Gasteiger partial charge is 0.467 e. The van der Waals surface area contributed by atoms with Crippen LogP contribution in [0.2, 0.25) is 0 Å². The Morgan fingerprint density at radius 1 is 1.29 bits per heavy atom. The van der Waals surface area contributed by atoms with E-state index in [9.17, 15) is 8.78 Å². The van der Waals surface area contributed by atoms with Crippen LogP contribution in [0, 0.1) is 0 Å². The molecule has 1 aromatic heterocycles. The zero-order valence-electron chi connectivity index (χ0n) is 9.31. The molecular formula is C8H13F2N5O2. The highest BCUT2D eigenvalue weighted by Crippen LogP contribution is 2.10. The van der Waals surface area contributed by atoms with Crippen LogP contribution in [-0.4, -0.2) is 53.3 Å². The summed E-state index contributed by atoms with van der Waals surface area (Å²) in [7, 11) is 2.96. The van der Waals surface area contributed by atoms with Gasteiger partial charge in [-0.25, -0.2) is 8.78 Å². The van der Waals surface area contributed by atoms with Gasteiger partial charge in [-0.1, -0.05) is 0 Å². The number of aliphatic hydroxyl groups excluding tert-OH is 1. The normalized spacial score (nSPS) is 12.4. The number of methoxy groups -OCH3 is 1. The van der Waals surface area contributed by atoms with Gasteiger partial charge in [-0.3, -0.25) is 0 Å². The van der Waals surface area contributed by atoms with E-state index in [1.165, 1.54) is 7.11 Å². The molecule has 17 heavy (non-hydrogen) atoms. The molecule has 0 fully saturated rings. The molecule has 1 rings (SSSR count). The van der Waals surface area contributed by atoms with Crippen molar-refractivity contribution >= 4 is 11.9 Å². The van der Waals surface area contributed by atoms with Gasteiger partial charge in [0.25, 0.3) is 6.43 Å². The number of anilines is 2. The SMILES string of the molecule is CNc1nc(NCC(O)C(F)F)nc(OC)n1. The number of hydrogen-bond acceptors (Lipinski definition) is 7. The van der Waals surface area contributed by atoms with E-state index in [4.69, 9.17) is 9.84 Å². The van der Waals surface area contributed by atoms with Crippen molar-refractivity contribution in [2.75, 3.05) is 31.3 Å². The minimum Gasteiger partial charge on any atom is -0.467 e. The van der Waals surface area contributed by atoms with Crippen molar-refractivity contribution in [1.82, 2.24) is 15.0 Å². The van der Waals surface area contributed by atoms with Crippen molar-refractivity contribution in [1.29, 1.82) is 0 Å². The zero-order chi connectivity index (χ0) is 12.8. The van der Waals surface area contributed by atoms with Crippen LogP contribution in [0.3, 0.4) is 0 Å². The van der Waals surface area contributed by atoms with Crippen LogP contribution >= 0.6 is 0 Å². The van der Waals surface area contributed by atoms with Gasteiger partial charge in [0.1, 0.15) is 6.10 Å². The Balaban J connectivity index is 2.70. The summed E-state index contributed by atoms with van der Waals surface area (Å²) in [5.74, 6) is 0.270. The molecule has 0 saturated heterocycles. The summed E-state index contributed by atoms with van der Waals surface area (Å²) in [6.07, 6.45) is -4.61. The molecular weight excluding hydrogens is 236 g/mol. The number of aromatic nitrogens is 3. The van der Waals surface area contributed by atoms with Crippen molar-refractivity contribution in [3.8, 4) is 6.01 Å². The van der Waals surface area contributed by atoms with E-state index in [2.05, 4.69) is 25.6 Å². The summed E-state index contributed by atoms with van der Waals surface area (Å²) in [5, 5.41) is 14.0. The summed E-state index contributed by atoms with van der Waals surface area (Å²) in [6.45, 7) is -0.367. The molecule has 3 N–H and O–H groups in total. The summed E-state index contributed by atoms with van der Waals surface area (Å²) >= 11 is 0. The topological polar surface area (TPSA) is 92.2 Å². The summed E-state index contributed by atoms with van der Waals surface area (Å²) < 4.78 is 28.9. The molecule has 9 heteroatoms. The summed E-state index contributed by atoms with van der Waals surface area (Å²) in [6, 6.07) is 0.0402. The van der Waals surface area contributed by atoms with Crippen LogP contribution in [0.1, 0.15) is 0 Å². The Bertz CT molecular complexity index is 344. The van der Waals surface area contributed by atoms with E-state index in [0.29, 0.717) is 0 Å². The fourth-order valence-corrected chi connectivity index (χ4v) is 0.924. The van der Waals surface area contributed by atoms with E-state index >= 15 is 0 Å². The fourth-order valence-electron chi connectivity index (χ4n) is 0.924. The van der Waals surface area contributed by atoms with E-state index in [-0.39, 0.29) is 24.5 Å². The molecule has 0 radical (unpaired) electrons. The molecule has 1 unspecified atom stereocenters. The first-order valence-corrected chi connectivity index (χ1v) is 4.74. The molecule has 7 nitrogen and oxygen atoms in total. The molecule has 96 valence electrons. The van der Waals surface area contributed by atoms with Crippen LogP contribution in [0.4, 0.5) is 20.7 Å². The molecule has 0 aliphatic carbocycles. The number of alkyl halides is 2. The lowest BCUT2D eigenvalue weighted by atomic mass is 10.4. The summed E-state index contributed by atoms with van der Waals surface area (Å²) in [4.78, 5) is 11.5. The third-order valence-corrected chi connectivity index (χ3v) is 1.78. The smallest absolute Gasteiger partial charge is 0.322 e. The first-order chi connectivity index (χ1) is 8.06. The number of nitrogens with zero attached hydrogens (tertiary/aromatic N) is 3. The maximum Gasteiger partial charge on any atom is 0.322 e. The Kier molecular flexibility index (Phi) is 4.76. The third kappa shape index (κ3) is 3.94. The first-order valence-electron chi connectivity index (χ1n) is 4.74. The first kappa shape index (κ1) is 13.3. The molecule has 0 spiro atoms. The Labute approximate surface area is 96.3 Å². The predicted molar refractivity (Wildman–Crippen MR) is 56.4 cm³/mol. The van der Waals surface area contributed by atoms with Gasteiger partial charge in [-0.15, -0.1) is 0 Å². The van der Waals surface area contributed by atoms with E-state index in [1.807, 2.05) is 0 Å². The van der Waals surface area contributed by atoms with E-state index < -0.39 is 12.5 Å². The number of halogens is 2. The second kappa shape index (κ2) is 6.09. The molecule has 1 heterocycles. The molecule has 1 aromatic rings. The van der Waals surface area contributed by atoms with Gasteiger partial charge in [-0.2, -0.15) is 15.0 Å². The van der Waals surface area contributed by atoms with Crippen molar-refractivity contribution in [3.05, 3.63) is 0 Å². The average Bonchev–Trinajstić information content (AvgIpc) is 2.35. The Morgan fingerprint density at radius 2 is 1.94 bits per heavy atom. The fraction of sp³-hybridized carbons (Fsp3) is 0.625. The number of rotatable bonds is 6.